The molecule has 0 radical (unpaired) electrons. The van der Waals surface area contributed by atoms with Crippen LogP contribution < -0.4 is 10.1 Å². The number of benzene rings is 3. The number of fused-ring (bicyclic) bond motifs is 1. The van der Waals surface area contributed by atoms with Gasteiger partial charge in [-0.05, 0) is 49.4 Å². The molecule has 4 rings (SSSR count). The maximum atomic E-state index is 12.9. The van der Waals surface area contributed by atoms with E-state index >= 15 is 0 Å². The highest BCUT2D eigenvalue weighted by Crippen LogP contribution is 2.20. The summed E-state index contributed by atoms with van der Waals surface area (Å²) in [6.45, 7) is 2.29. The Morgan fingerprint density at radius 1 is 0.931 bits per heavy atom. The van der Waals surface area contributed by atoms with Crippen molar-refractivity contribution in [2.24, 2.45) is 0 Å². The molecule has 1 heterocycles. The molecule has 4 nitrogen and oxygen atoms in total. The summed E-state index contributed by atoms with van der Waals surface area (Å²) < 4.78 is 5.81. The Bertz CT molecular complexity index is 1130. The summed E-state index contributed by atoms with van der Waals surface area (Å²) in [5.41, 5.74) is 4.05. The molecule has 4 aromatic rings. The van der Waals surface area contributed by atoms with Crippen molar-refractivity contribution in [1.82, 2.24) is 4.98 Å². The highest BCUT2D eigenvalue weighted by molar-refractivity contribution is 6.06. The Kier molecular flexibility index (Phi) is 6.47. The molecule has 0 aliphatic carbocycles. The van der Waals surface area contributed by atoms with Crippen LogP contribution in [0.5, 0.6) is 5.75 Å². The Morgan fingerprint density at radius 2 is 1.69 bits per heavy atom. The molecule has 1 N–H and O–H groups in total. The summed E-state index contributed by atoms with van der Waals surface area (Å²) in [6, 6.07) is 26.7. The van der Waals surface area contributed by atoms with Gasteiger partial charge in [-0.15, -0.1) is 12.4 Å². The van der Waals surface area contributed by atoms with Crippen LogP contribution in [0.4, 0.5) is 5.69 Å². The monoisotopic (exact) mass is 404 g/mol. The van der Waals surface area contributed by atoms with Crippen molar-refractivity contribution >= 4 is 34.9 Å². The average Bonchev–Trinajstić information content (AvgIpc) is 2.73. The Morgan fingerprint density at radius 3 is 2.52 bits per heavy atom. The van der Waals surface area contributed by atoms with Gasteiger partial charge in [-0.3, -0.25) is 9.78 Å². The third kappa shape index (κ3) is 4.92. The van der Waals surface area contributed by atoms with Gasteiger partial charge in [0.2, 0.25) is 0 Å². The number of aromatic nitrogens is 1. The van der Waals surface area contributed by atoms with E-state index in [1.807, 2.05) is 91.9 Å². The number of carbonyl (C=O) groups excluding carboxylic acids is 1. The van der Waals surface area contributed by atoms with Gasteiger partial charge in [0.25, 0.3) is 5.91 Å². The van der Waals surface area contributed by atoms with Crippen molar-refractivity contribution < 1.29 is 9.53 Å². The number of ether oxygens (including phenoxy) is 1. The lowest BCUT2D eigenvalue weighted by atomic mass is 10.1. The fourth-order valence-electron chi connectivity index (χ4n) is 3.05. The smallest absolute Gasteiger partial charge is 0.256 e. The van der Waals surface area contributed by atoms with Crippen LogP contribution >= 0.6 is 12.4 Å². The molecule has 0 fully saturated rings. The molecule has 3 aromatic carbocycles. The number of halogens is 1. The quantitative estimate of drug-likeness (QED) is 0.457. The van der Waals surface area contributed by atoms with Gasteiger partial charge >= 0.3 is 0 Å². The lowest BCUT2D eigenvalue weighted by molar-refractivity contribution is 0.102. The van der Waals surface area contributed by atoms with Gasteiger partial charge in [-0.1, -0.05) is 42.5 Å². The summed E-state index contributed by atoms with van der Waals surface area (Å²) in [4.78, 5) is 17.3. The van der Waals surface area contributed by atoms with Crippen LogP contribution in [0.25, 0.3) is 10.9 Å². The van der Waals surface area contributed by atoms with Crippen molar-refractivity contribution in [3.63, 3.8) is 0 Å². The second kappa shape index (κ2) is 9.22. The lowest BCUT2D eigenvalue weighted by Gasteiger charge is -2.12. The summed E-state index contributed by atoms with van der Waals surface area (Å²) in [5, 5.41) is 3.97. The zero-order valence-electron chi connectivity index (χ0n) is 16.0. The minimum Gasteiger partial charge on any atom is -0.489 e. The predicted molar refractivity (Wildman–Crippen MR) is 119 cm³/mol. The second-order valence-electron chi connectivity index (χ2n) is 6.57. The van der Waals surface area contributed by atoms with Gasteiger partial charge < -0.3 is 10.1 Å². The lowest BCUT2D eigenvalue weighted by Crippen LogP contribution is -2.15. The molecular formula is C24H21ClN2O2. The predicted octanol–water partition coefficient (Wildman–Crippen LogP) is 5.80. The van der Waals surface area contributed by atoms with Crippen molar-refractivity contribution in [3.8, 4) is 5.75 Å². The molecular weight excluding hydrogens is 384 g/mol. The normalized spacial score (nSPS) is 10.2. The first-order valence-corrected chi connectivity index (χ1v) is 9.13. The van der Waals surface area contributed by atoms with Gasteiger partial charge in [0.1, 0.15) is 12.4 Å². The summed E-state index contributed by atoms with van der Waals surface area (Å²) >= 11 is 0. The van der Waals surface area contributed by atoms with Crippen LogP contribution in [0, 0.1) is 6.92 Å². The topological polar surface area (TPSA) is 51.2 Å². The first-order chi connectivity index (χ1) is 13.7. The number of rotatable bonds is 5. The zero-order chi connectivity index (χ0) is 19.3. The van der Waals surface area contributed by atoms with Crippen LogP contribution in [-0.4, -0.2) is 10.9 Å². The molecule has 5 heteroatoms. The average molecular weight is 405 g/mol. The van der Waals surface area contributed by atoms with Crippen LogP contribution in [0.2, 0.25) is 0 Å². The van der Waals surface area contributed by atoms with Crippen molar-refractivity contribution in [3.05, 3.63) is 102 Å². The molecule has 1 aromatic heterocycles. The van der Waals surface area contributed by atoms with E-state index in [0.29, 0.717) is 12.2 Å². The van der Waals surface area contributed by atoms with Crippen molar-refractivity contribution in [2.75, 3.05) is 5.32 Å². The van der Waals surface area contributed by atoms with E-state index in [0.717, 1.165) is 33.6 Å². The molecule has 0 unspecified atom stereocenters. The maximum Gasteiger partial charge on any atom is 0.256 e. The minimum absolute atomic E-state index is 0. The maximum absolute atomic E-state index is 12.9. The molecule has 0 spiro atoms. The molecule has 146 valence electrons. The highest BCUT2D eigenvalue weighted by atomic mass is 35.5. The number of nitrogens with zero attached hydrogens (tertiary/aromatic N) is 1. The van der Waals surface area contributed by atoms with Gasteiger partial charge in [-0.2, -0.15) is 0 Å². The molecule has 0 aliphatic rings. The minimum atomic E-state index is -0.160. The third-order valence-electron chi connectivity index (χ3n) is 4.49. The largest absolute Gasteiger partial charge is 0.489 e. The van der Waals surface area contributed by atoms with Gasteiger partial charge in [-0.25, -0.2) is 0 Å². The fraction of sp³-hybridized carbons (Fsp3) is 0.0833. The number of hydrogen-bond acceptors (Lipinski definition) is 3. The number of carbonyl (C=O) groups is 1. The van der Waals surface area contributed by atoms with Crippen LogP contribution in [-0.2, 0) is 6.61 Å². The number of hydrogen-bond donors (Lipinski definition) is 1. The number of pyridine rings is 1. The zero-order valence-corrected chi connectivity index (χ0v) is 16.8. The van der Waals surface area contributed by atoms with E-state index in [1.165, 1.54) is 0 Å². The van der Waals surface area contributed by atoms with Crippen LogP contribution in [0.3, 0.4) is 0 Å². The molecule has 0 atom stereocenters. The van der Waals surface area contributed by atoms with E-state index in [2.05, 4.69) is 10.3 Å². The van der Waals surface area contributed by atoms with Gasteiger partial charge in [0.05, 0.1) is 5.52 Å². The second-order valence-corrected chi connectivity index (χ2v) is 6.57. The number of aryl methyl sites for hydroxylation is 1. The van der Waals surface area contributed by atoms with E-state index < -0.39 is 0 Å². The highest BCUT2D eigenvalue weighted by Gasteiger charge is 2.12. The first-order valence-electron chi connectivity index (χ1n) is 9.13. The van der Waals surface area contributed by atoms with Crippen LogP contribution in [0.1, 0.15) is 21.6 Å². The van der Waals surface area contributed by atoms with Crippen molar-refractivity contribution in [1.29, 1.82) is 0 Å². The van der Waals surface area contributed by atoms with Crippen molar-refractivity contribution in [2.45, 2.75) is 13.5 Å². The number of anilines is 1. The van der Waals surface area contributed by atoms with E-state index in [-0.39, 0.29) is 18.3 Å². The summed E-state index contributed by atoms with van der Waals surface area (Å²) in [5.74, 6) is 0.613. The first kappa shape index (κ1) is 20.4. The molecule has 0 saturated carbocycles. The molecule has 0 saturated heterocycles. The Hall–Kier alpha value is -3.37. The van der Waals surface area contributed by atoms with Crippen LogP contribution in [0.15, 0.2) is 84.9 Å². The van der Waals surface area contributed by atoms with Gasteiger partial charge in [0, 0.05) is 27.9 Å². The summed E-state index contributed by atoms with van der Waals surface area (Å²) in [7, 11) is 0. The molecule has 0 bridgehead atoms. The summed E-state index contributed by atoms with van der Waals surface area (Å²) in [6.07, 6.45) is 0. The Balaban J connectivity index is 0.00000240. The third-order valence-corrected chi connectivity index (χ3v) is 4.49. The molecule has 1 amide bonds. The molecule has 29 heavy (non-hydrogen) atoms. The van der Waals surface area contributed by atoms with E-state index in [4.69, 9.17) is 4.74 Å². The SMILES string of the molecule is Cc1ccc2cc(NC(=O)c3ccccc3COc3ccccc3)ccc2n1.Cl. The van der Waals surface area contributed by atoms with Gasteiger partial charge in [0.15, 0.2) is 0 Å². The number of amides is 1. The van der Waals surface area contributed by atoms with E-state index in [1.54, 1.807) is 0 Å². The standard InChI is InChI=1S/C24H20N2O2.ClH/c1-17-11-12-18-15-20(13-14-23(18)25-17)26-24(27)22-10-6-5-7-19(22)16-28-21-8-3-2-4-9-21;/h2-15H,16H2,1H3,(H,26,27);1H. The number of para-hydroxylation sites is 1. The molecule has 0 aliphatic heterocycles. The fourth-order valence-corrected chi connectivity index (χ4v) is 3.05. The Labute approximate surface area is 176 Å². The number of nitrogens with one attached hydrogen (secondary N) is 1. The van der Waals surface area contributed by atoms with E-state index in [9.17, 15) is 4.79 Å².